The van der Waals surface area contributed by atoms with Crippen LogP contribution in [0.2, 0.25) is 0 Å². The maximum Gasteiger partial charge on any atom is 0.333 e. The van der Waals surface area contributed by atoms with Crippen molar-refractivity contribution >= 4 is 12.0 Å². The van der Waals surface area contributed by atoms with E-state index in [1.807, 2.05) is 54.6 Å². The van der Waals surface area contributed by atoms with Crippen LogP contribution in [0.5, 0.6) is 5.75 Å². The highest BCUT2D eigenvalue weighted by Crippen LogP contribution is 2.14. The summed E-state index contributed by atoms with van der Waals surface area (Å²) in [6.07, 6.45) is 14.8. The van der Waals surface area contributed by atoms with Gasteiger partial charge in [-0.25, -0.2) is 4.79 Å². The van der Waals surface area contributed by atoms with E-state index in [1.165, 1.54) is 6.08 Å². The standard InChI is InChI=1S/C19H18O4/c1-22-17-12-10-15(11-13-17)8-6-4-2-3-5-7-9-16-14-18(20)23-19(16)21/h2-14,19,21H,1H3. The molecule has 118 valence electrons. The number of esters is 1. The molecule has 0 radical (unpaired) electrons. The van der Waals surface area contributed by atoms with Crippen molar-refractivity contribution in [1.29, 1.82) is 0 Å². The van der Waals surface area contributed by atoms with Gasteiger partial charge in [-0.1, -0.05) is 60.7 Å². The van der Waals surface area contributed by atoms with Crippen LogP contribution in [-0.4, -0.2) is 24.5 Å². The van der Waals surface area contributed by atoms with E-state index in [4.69, 9.17) is 4.74 Å². The van der Waals surface area contributed by atoms with Crippen LogP contribution < -0.4 is 4.74 Å². The van der Waals surface area contributed by atoms with Crippen molar-refractivity contribution < 1.29 is 19.4 Å². The van der Waals surface area contributed by atoms with Crippen molar-refractivity contribution in [2.75, 3.05) is 7.11 Å². The third-order valence-electron chi connectivity index (χ3n) is 3.05. The number of aliphatic hydroxyl groups is 1. The van der Waals surface area contributed by atoms with E-state index in [9.17, 15) is 9.90 Å². The molecule has 0 saturated carbocycles. The molecule has 1 heterocycles. The molecule has 1 atom stereocenters. The van der Waals surface area contributed by atoms with Crippen molar-refractivity contribution in [2.24, 2.45) is 0 Å². The fourth-order valence-electron chi connectivity index (χ4n) is 1.85. The number of allylic oxidation sites excluding steroid dienone is 6. The minimum atomic E-state index is -1.16. The number of hydrogen-bond donors (Lipinski definition) is 1. The quantitative estimate of drug-likeness (QED) is 0.647. The number of rotatable bonds is 6. The Morgan fingerprint density at radius 2 is 1.61 bits per heavy atom. The minimum Gasteiger partial charge on any atom is -0.497 e. The molecule has 1 aromatic carbocycles. The number of ether oxygens (including phenoxy) is 2. The summed E-state index contributed by atoms with van der Waals surface area (Å²) in [6, 6.07) is 7.78. The summed E-state index contributed by atoms with van der Waals surface area (Å²) >= 11 is 0. The van der Waals surface area contributed by atoms with Crippen LogP contribution in [0.1, 0.15) is 5.56 Å². The summed E-state index contributed by atoms with van der Waals surface area (Å²) in [7, 11) is 1.64. The molecule has 0 aromatic heterocycles. The molecule has 1 aromatic rings. The monoisotopic (exact) mass is 310 g/mol. The Morgan fingerprint density at radius 3 is 2.17 bits per heavy atom. The van der Waals surface area contributed by atoms with E-state index in [0.717, 1.165) is 11.3 Å². The summed E-state index contributed by atoms with van der Waals surface area (Å²) < 4.78 is 9.66. The molecule has 1 unspecified atom stereocenters. The van der Waals surface area contributed by atoms with E-state index >= 15 is 0 Å². The molecule has 2 rings (SSSR count). The lowest BCUT2D eigenvalue weighted by Gasteiger charge is -2.01. The molecule has 0 bridgehead atoms. The van der Waals surface area contributed by atoms with Crippen LogP contribution in [0.3, 0.4) is 0 Å². The lowest BCUT2D eigenvalue weighted by atomic mass is 10.2. The van der Waals surface area contributed by atoms with E-state index in [1.54, 1.807) is 25.3 Å². The summed E-state index contributed by atoms with van der Waals surface area (Å²) in [5.74, 6) is 0.312. The highest BCUT2D eigenvalue weighted by molar-refractivity contribution is 5.86. The van der Waals surface area contributed by atoms with Crippen molar-refractivity contribution in [3.8, 4) is 5.75 Å². The molecule has 0 saturated heterocycles. The van der Waals surface area contributed by atoms with E-state index in [2.05, 4.69) is 4.74 Å². The van der Waals surface area contributed by atoms with Crippen LogP contribution in [0.25, 0.3) is 6.08 Å². The highest BCUT2D eigenvalue weighted by Gasteiger charge is 2.20. The molecule has 1 aliphatic rings. The highest BCUT2D eigenvalue weighted by atomic mass is 16.6. The average molecular weight is 310 g/mol. The number of hydrogen-bond acceptors (Lipinski definition) is 4. The van der Waals surface area contributed by atoms with Crippen LogP contribution in [-0.2, 0) is 9.53 Å². The molecule has 4 heteroatoms. The second-order valence-electron chi connectivity index (χ2n) is 4.69. The molecule has 23 heavy (non-hydrogen) atoms. The first-order valence-corrected chi connectivity index (χ1v) is 7.11. The lowest BCUT2D eigenvalue weighted by Crippen LogP contribution is -2.08. The Labute approximate surface area is 135 Å². The summed E-state index contributed by atoms with van der Waals surface area (Å²) in [6.45, 7) is 0. The zero-order valence-electron chi connectivity index (χ0n) is 12.8. The number of methoxy groups -OCH3 is 1. The molecule has 1 aliphatic heterocycles. The van der Waals surface area contributed by atoms with Gasteiger partial charge in [0.05, 0.1) is 7.11 Å². The maximum atomic E-state index is 10.9. The van der Waals surface area contributed by atoms with Gasteiger partial charge in [0.15, 0.2) is 0 Å². The zero-order valence-corrected chi connectivity index (χ0v) is 12.8. The van der Waals surface area contributed by atoms with E-state index in [0.29, 0.717) is 5.57 Å². The molecule has 4 nitrogen and oxygen atoms in total. The Bertz CT molecular complexity index is 676. The summed E-state index contributed by atoms with van der Waals surface area (Å²) in [4.78, 5) is 10.9. The van der Waals surface area contributed by atoms with Gasteiger partial charge in [-0.15, -0.1) is 0 Å². The molecule has 1 N–H and O–H groups in total. The number of aliphatic hydroxyl groups excluding tert-OH is 1. The maximum absolute atomic E-state index is 10.9. The smallest absolute Gasteiger partial charge is 0.333 e. The molecule has 0 amide bonds. The van der Waals surface area contributed by atoms with Gasteiger partial charge in [0, 0.05) is 11.6 Å². The molecular formula is C19H18O4. The van der Waals surface area contributed by atoms with Crippen molar-refractivity contribution in [3.05, 3.63) is 84.0 Å². The normalized spacial score (nSPS) is 18.4. The second kappa shape index (κ2) is 8.56. The second-order valence-corrected chi connectivity index (χ2v) is 4.69. The molecule has 0 fully saturated rings. The number of benzene rings is 1. The molecule has 0 spiro atoms. The van der Waals surface area contributed by atoms with Crippen molar-refractivity contribution in [1.82, 2.24) is 0 Å². The Hall–Kier alpha value is -2.85. The van der Waals surface area contributed by atoms with Crippen LogP contribution in [0.15, 0.2) is 78.4 Å². The van der Waals surface area contributed by atoms with Gasteiger partial charge in [-0.2, -0.15) is 0 Å². The first kappa shape index (κ1) is 16.5. The average Bonchev–Trinajstić information content (AvgIpc) is 2.88. The largest absolute Gasteiger partial charge is 0.497 e. The van der Waals surface area contributed by atoms with Gasteiger partial charge < -0.3 is 14.6 Å². The third-order valence-corrected chi connectivity index (χ3v) is 3.05. The molecular weight excluding hydrogens is 292 g/mol. The van der Waals surface area contributed by atoms with Crippen LogP contribution in [0, 0.1) is 0 Å². The van der Waals surface area contributed by atoms with Crippen molar-refractivity contribution in [3.63, 3.8) is 0 Å². The Morgan fingerprint density at radius 1 is 1.00 bits per heavy atom. The first-order chi connectivity index (χ1) is 11.2. The van der Waals surface area contributed by atoms with Gasteiger partial charge in [-0.3, -0.25) is 0 Å². The SMILES string of the molecule is COc1ccc(C=CC=CC=CC=CC2=CC(=O)OC2O)cc1. The number of carbonyl (C=O) groups excluding carboxylic acids is 1. The zero-order chi connectivity index (χ0) is 16.5. The fourth-order valence-corrected chi connectivity index (χ4v) is 1.85. The minimum absolute atomic E-state index is 0.447. The van der Waals surface area contributed by atoms with Crippen LogP contribution >= 0.6 is 0 Å². The van der Waals surface area contributed by atoms with E-state index < -0.39 is 12.3 Å². The summed E-state index contributed by atoms with van der Waals surface area (Å²) in [5, 5.41) is 9.36. The van der Waals surface area contributed by atoms with Gasteiger partial charge in [0.2, 0.25) is 6.29 Å². The van der Waals surface area contributed by atoms with E-state index in [-0.39, 0.29) is 0 Å². The Kier molecular flexibility index (Phi) is 6.15. The lowest BCUT2D eigenvalue weighted by molar-refractivity contribution is -0.150. The van der Waals surface area contributed by atoms with Gasteiger partial charge in [0.25, 0.3) is 0 Å². The Balaban J connectivity index is 1.78. The van der Waals surface area contributed by atoms with Gasteiger partial charge >= 0.3 is 5.97 Å². The molecule has 0 aliphatic carbocycles. The predicted octanol–water partition coefficient (Wildman–Crippen LogP) is 3.18. The third kappa shape index (κ3) is 5.45. The van der Waals surface area contributed by atoms with Crippen molar-refractivity contribution in [2.45, 2.75) is 6.29 Å². The summed E-state index contributed by atoms with van der Waals surface area (Å²) in [5.41, 5.74) is 1.54. The number of carbonyl (C=O) groups is 1. The fraction of sp³-hybridized carbons (Fsp3) is 0.105. The number of cyclic esters (lactones) is 1. The predicted molar refractivity (Wildman–Crippen MR) is 89.6 cm³/mol. The van der Waals surface area contributed by atoms with Gasteiger partial charge in [-0.05, 0) is 17.7 Å². The topological polar surface area (TPSA) is 55.8 Å². The van der Waals surface area contributed by atoms with Gasteiger partial charge in [0.1, 0.15) is 5.75 Å². The first-order valence-electron chi connectivity index (χ1n) is 7.11. The van der Waals surface area contributed by atoms with Crippen LogP contribution in [0.4, 0.5) is 0 Å².